The maximum Gasteiger partial charge on any atom is 0.424 e. The Morgan fingerprint density at radius 3 is 1.59 bits per heavy atom. The predicted octanol–water partition coefficient (Wildman–Crippen LogP) is 10.8. The third kappa shape index (κ3) is 8.76. The Morgan fingerprint density at radius 2 is 1.10 bits per heavy atom. The molecule has 0 bridgehead atoms. The molecule has 1 aliphatic heterocycles. The van der Waals surface area contributed by atoms with Crippen molar-refractivity contribution >= 4 is 18.4 Å². The molecule has 1 fully saturated rings. The smallest absolute Gasteiger partial charge is 0.424 e. The number of benzene rings is 6. The van der Waals surface area contributed by atoms with Crippen molar-refractivity contribution in [3.63, 3.8) is 0 Å². The molecule has 9 nitrogen and oxygen atoms in total. The Hall–Kier alpha value is -6.05. The van der Waals surface area contributed by atoms with Crippen molar-refractivity contribution in [3.05, 3.63) is 138 Å². The van der Waals surface area contributed by atoms with Crippen LogP contribution in [0.5, 0.6) is 40.2 Å². The van der Waals surface area contributed by atoms with Crippen molar-refractivity contribution in [2.24, 2.45) is 0 Å². The molecule has 1 saturated heterocycles. The Kier molecular flexibility index (Phi) is 13.2. The minimum absolute atomic E-state index is 0.000640. The number of hydrogen-bond acceptors (Lipinski definition) is 9. The van der Waals surface area contributed by atoms with Crippen LogP contribution in [-0.2, 0) is 25.2 Å². The van der Waals surface area contributed by atoms with E-state index in [9.17, 15) is 4.39 Å². The van der Waals surface area contributed by atoms with E-state index in [1.807, 2.05) is 0 Å². The van der Waals surface area contributed by atoms with Gasteiger partial charge < -0.3 is 37.9 Å². The molecule has 0 amide bonds. The second-order valence-corrected chi connectivity index (χ2v) is 15.2. The molecule has 0 aliphatic carbocycles. The van der Waals surface area contributed by atoms with E-state index in [1.54, 1.807) is 97.9 Å². The SMILES string of the molecule is COCOc1c(-c2c(OC)cccc2OC)cc(CCC2(C)OCCO2)c([P+](=O)c2c(Oc3ccccc3)cccc2Oc2ccccc2)c1-c1c(F)c(F)c(F)c(F)c1F. The molecule has 1 aliphatic rings. The highest BCUT2D eigenvalue weighted by Gasteiger charge is 2.44. The molecule has 0 N–H and O–H groups in total. The summed E-state index contributed by atoms with van der Waals surface area (Å²) in [5, 5.41) is -0.484. The molecule has 0 saturated carbocycles. The van der Waals surface area contributed by atoms with E-state index in [4.69, 9.17) is 37.9 Å². The molecule has 6 aromatic carbocycles. The fraction of sp³-hybridized carbons (Fsp3) is 0.217. The van der Waals surface area contributed by atoms with Crippen LogP contribution in [0.3, 0.4) is 0 Å². The summed E-state index contributed by atoms with van der Waals surface area (Å²) in [6.07, 6.45) is -0.00304. The van der Waals surface area contributed by atoms with E-state index < -0.39 is 66.3 Å². The normalized spacial score (nSPS) is 13.5. The maximum atomic E-state index is 16.6. The van der Waals surface area contributed by atoms with Gasteiger partial charge >= 0.3 is 7.80 Å². The molecule has 15 heteroatoms. The van der Waals surface area contributed by atoms with E-state index in [-0.39, 0.29) is 76.4 Å². The van der Waals surface area contributed by atoms with Crippen molar-refractivity contribution in [1.29, 1.82) is 0 Å². The minimum atomic E-state index is -3.23. The highest BCUT2D eigenvalue weighted by Crippen LogP contribution is 2.51. The highest BCUT2D eigenvalue weighted by atomic mass is 31.1. The first-order valence-electron chi connectivity index (χ1n) is 18.9. The van der Waals surface area contributed by atoms with Crippen LogP contribution in [0.2, 0.25) is 0 Å². The van der Waals surface area contributed by atoms with E-state index in [1.165, 1.54) is 33.5 Å². The van der Waals surface area contributed by atoms with Crippen LogP contribution >= 0.6 is 7.80 Å². The first-order valence-corrected chi connectivity index (χ1v) is 20.1. The van der Waals surface area contributed by atoms with E-state index in [0.29, 0.717) is 11.5 Å². The molecular formula is C46H39F5O9P+. The summed E-state index contributed by atoms with van der Waals surface area (Å²) >= 11 is 0. The van der Waals surface area contributed by atoms with E-state index >= 15 is 22.1 Å². The van der Waals surface area contributed by atoms with Gasteiger partial charge in [0.1, 0.15) is 28.7 Å². The zero-order valence-electron chi connectivity index (χ0n) is 33.4. The molecule has 1 atom stereocenters. The lowest BCUT2D eigenvalue weighted by Gasteiger charge is -2.24. The van der Waals surface area contributed by atoms with Gasteiger partial charge in [-0.15, -0.1) is 0 Å². The Morgan fingerprint density at radius 1 is 0.607 bits per heavy atom. The predicted molar refractivity (Wildman–Crippen MR) is 218 cm³/mol. The van der Waals surface area contributed by atoms with Crippen molar-refractivity contribution < 1.29 is 64.4 Å². The van der Waals surface area contributed by atoms with Crippen LogP contribution in [-0.4, -0.2) is 47.1 Å². The van der Waals surface area contributed by atoms with Gasteiger partial charge in [-0.3, -0.25) is 0 Å². The van der Waals surface area contributed by atoms with Crippen LogP contribution in [0.25, 0.3) is 22.3 Å². The molecule has 0 spiro atoms. The van der Waals surface area contributed by atoms with Gasteiger partial charge in [0.05, 0.1) is 44.1 Å². The lowest BCUT2D eigenvalue weighted by Crippen LogP contribution is -2.28. The Balaban J connectivity index is 1.64. The van der Waals surface area contributed by atoms with Gasteiger partial charge in [0.15, 0.2) is 47.3 Å². The molecule has 1 unspecified atom stereocenters. The summed E-state index contributed by atoms with van der Waals surface area (Å²) in [6.45, 7) is 1.63. The summed E-state index contributed by atoms with van der Waals surface area (Å²) in [7, 11) is 0.781. The van der Waals surface area contributed by atoms with Crippen molar-refractivity contribution in [1.82, 2.24) is 0 Å². The summed E-state index contributed by atoms with van der Waals surface area (Å²) in [5.74, 6) is -11.9. The van der Waals surface area contributed by atoms with Crippen LogP contribution in [0.1, 0.15) is 18.9 Å². The molecule has 0 aromatic heterocycles. The molecule has 1 heterocycles. The van der Waals surface area contributed by atoms with Gasteiger partial charge in [0, 0.05) is 24.7 Å². The molecule has 6 aromatic rings. The van der Waals surface area contributed by atoms with E-state index in [0.717, 1.165) is 0 Å². The first kappa shape index (κ1) is 43.1. The number of rotatable bonds is 16. The number of aryl methyl sites for hydroxylation is 1. The maximum absolute atomic E-state index is 16.6. The second-order valence-electron chi connectivity index (χ2n) is 13.7. The largest absolute Gasteiger partial charge is 0.496 e. The lowest BCUT2D eigenvalue weighted by atomic mass is 9.90. The molecule has 61 heavy (non-hydrogen) atoms. The van der Waals surface area contributed by atoms with Gasteiger partial charge in [-0.1, -0.05) is 53.1 Å². The van der Waals surface area contributed by atoms with Crippen LogP contribution in [0.15, 0.2) is 103 Å². The van der Waals surface area contributed by atoms with Gasteiger partial charge in [0.25, 0.3) is 5.30 Å². The quantitative estimate of drug-likeness (QED) is 0.0310. The van der Waals surface area contributed by atoms with Crippen molar-refractivity contribution in [2.75, 3.05) is 41.3 Å². The summed E-state index contributed by atoms with van der Waals surface area (Å²) in [5.41, 5.74) is -1.84. The summed E-state index contributed by atoms with van der Waals surface area (Å²) < 4.78 is 142. The third-order valence-electron chi connectivity index (χ3n) is 9.87. The monoisotopic (exact) mass is 861 g/mol. The standard InChI is InChI=1S/C46H39F5O9P/c1-46(57-23-24-58-46)22-21-27-25-30(35-31(54-3)17-11-18-32(35)55-4)43(56-26-53-2)37(36-38(47)40(49)42(51)41(50)39(36)48)44(27)61(52)45-33(59-28-13-7-5-8-14-28)19-12-20-34(45)60-29-15-9-6-10-16-29/h5-20,25H,21-24,26H2,1-4H3/q+1. The number of hydrogen-bond donors (Lipinski definition) is 0. The van der Waals surface area contributed by atoms with Gasteiger partial charge in [-0.05, 0) is 67.9 Å². The van der Waals surface area contributed by atoms with Gasteiger partial charge in [0.2, 0.25) is 11.1 Å². The lowest BCUT2D eigenvalue weighted by molar-refractivity contribution is -0.146. The zero-order valence-corrected chi connectivity index (χ0v) is 34.3. The van der Waals surface area contributed by atoms with Crippen LogP contribution in [0.4, 0.5) is 22.0 Å². The average molecular weight is 862 g/mol. The number of halogens is 5. The topological polar surface area (TPSA) is 90.9 Å². The second kappa shape index (κ2) is 18.7. The number of ether oxygens (including phenoxy) is 8. The Labute approximate surface area is 349 Å². The first-order chi connectivity index (χ1) is 29.5. The van der Waals surface area contributed by atoms with Gasteiger partial charge in [-0.2, -0.15) is 0 Å². The van der Waals surface area contributed by atoms with Gasteiger partial charge in [-0.25, -0.2) is 22.0 Å². The average Bonchev–Trinajstić information content (AvgIpc) is 3.72. The molecule has 7 rings (SSSR count). The molecule has 316 valence electrons. The van der Waals surface area contributed by atoms with Crippen molar-refractivity contribution in [2.45, 2.75) is 25.6 Å². The van der Waals surface area contributed by atoms with E-state index in [2.05, 4.69) is 0 Å². The van der Waals surface area contributed by atoms with Crippen LogP contribution < -0.4 is 34.3 Å². The fourth-order valence-corrected chi connectivity index (χ4v) is 8.75. The summed E-state index contributed by atoms with van der Waals surface area (Å²) in [4.78, 5) is 0. The fourth-order valence-electron chi connectivity index (χ4n) is 7.03. The summed E-state index contributed by atoms with van der Waals surface area (Å²) in [6, 6.07) is 28.0. The Bertz CT molecular complexity index is 2440. The zero-order chi connectivity index (χ0) is 43.3. The number of methoxy groups -OCH3 is 3. The van der Waals surface area contributed by atoms with Crippen LogP contribution in [0, 0.1) is 29.1 Å². The third-order valence-corrected chi connectivity index (χ3v) is 11.6. The number of para-hydroxylation sites is 2. The minimum Gasteiger partial charge on any atom is -0.496 e. The molecule has 0 radical (unpaired) electrons. The highest BCUT2D eigenvalue weighted by molar-refractivity contribution is 7.62. The molecular weight excluding hydrogens is 822 g/mol. The van der Waals surface area contributed by atoms with Crippen molar-refractivity contribution in [3.8, 4) is 62.5 Å².